The molecular weight excluding hydrogens is 461 g/mol. The molecule has 90 valence electrons. The molecule has 0 N–H and O–H groups in total. The summed E-state index contributed by atoms with van der Waals surface area (Å²) in [6.07, 6.45) is -4.35. The third-order valence-electron chi connectivity index (χ3n) is 2.00. The van der Waals surface area contributed by atoms with Crippen molar-refractivity contribution in [3.05, 3.63) is 37.2 Å². The molecule has 0 aliphatic heterocycles. The predicted octanol–water partition coefficient (Wildman–Crippen LogP) is 3.50. The van der Waals surface area contributed by atoms with E-state index in [0.29, 0.717) is 13.1 Å². The standard InChI is InChI=1S/C9H4F3I2N3/c10-9(11,12)5-2-1-3-6(4-5)17-8(14)7(13)15-16-17/h1-4H. The van der Waals surface area contributed by atoms with Gasteiger partial charge in [0.1, 0.15) is 3.70 Å². The molecule has 2 rings (SSSR count). The minimum Gasteiger partial charge on any atom is -0.206 e. The second-order valence-electron chi connectivity index (χ2n) is 3.13. The summed E-state index contributed by atoms with van der Waals surface area (Å²) < 4.78 is 40.3. The fraction of sp³-hybridized carbons (Fsp3) is 0.111. The molecule has 1 aromatic heterocycles. The first-order chi connectivity index (χ1) is 7.89. The molecule has 2 aromatic rings. The zero-order chi connectivity index (χ0) is 12.6. The molecule has 0 atom stereocenters. The largest absolute Gasteiger partial charge is 0.416 e. The van der Waals surface area contributed by atoms with Gasteiger partial charge in [-0.25, -0.2) is 4.68 Å². The van der Waals surface area contributed by atoms with E-state index in [1.807, 2.05) is 45.2 Å². The highest BCUT2D eigenvalue weighted by Gasteiger charge is 2.30. The Morgan fingerprint density at radius 2 is 1.88 bits per heavy atom. The van der Waals surface area contributed by atoms with E-state index >= 15 is 0 Å². The van der Waals surface area contributed by atoms with E-state index in [-0.39, 0.29) is 0 Å². The van der Waals surface area contributed by atoms with Crippen LogP contribution in [0, 0.1) is 7.40 Å². The fourth-order valence-electron chi connectivity index (χ4n) is 1.23. The van der Waals surface area contributed by atoms with Crippen LogP contribution in [0.4, 0.5) is 13.2 Å². The molecule has 0 bridgehead atoms. The molecule has 0 fully saturated rings. The van der Waals surface area contributed by atoms with E-state index in [0.717, 1.165) is 12.1 Å². The predicted molar refractivity (Wildman–Crippen MR) is 71.8 cm³/mol. The Labute approximate surface area is 122 Å². The van der Waals surface area contributed by atoms with Crippen LogP contribution in [0.25, 0.3) is 5.69 Å². The summed E-state index contributed by atoms with van der Waals surface area (Å²) in [7, 11) is 0. The highest BCUT2D eigenvalue weighted by Crippen LogP contribution is 2.30. The zero-order valence-corrected chi connectivity index (χ0v) is 12.4. The summed E-state index contributed by atoms with van der Waals surface area (Å²) in [5.74, 6) is 0. The Morgan fingerprint density at radius 1 is 1.18 bits per heavy atom. The normalized spacial score (nSPS) is 11.8. The van der Waals surface area contributed by atoms with Gasteiger partial charge in [-0.2, -0.15) is 13.2 Å². The van der Waals surface area contributed by atoms with E-state index in [9.17, 15) is 13.2 Å². The number of alkyl halides is 3. The molecule has 17 heavy (non-hydrogen) atoms. The number of hydrogen-bond acceptors (Lipinski definition) is 2. The van der Waals surface area contributed by atoms with Crippen molar-refractivity contribution >= 4 is 45.2 Å². The summed E-state index contributed by atoms with van der Waals surface area (Å²) in [4.78, 5) is 0. The maximum atomic E-state index is 12.5. The van der Waals surface area contributed by atoms with E-state index in [1.54, 1.807) is 6.07 Å². The van der Waals surface area contributed by atoms with Crippen molar-refractivity contribution < 1.29 is 13.2 Å². The summed E-state index contributed by atoms with van der Waals surface area (Å²) in [5, 5.41) is 7.59. The second-order valence-corrected chi connectivity index (χ2v) is 5.17. The van der Waals surface area contributed by atoms with E-state index in [4.69, 9.17) is 0 Å². The number of hydrogen-bond donors (Lipinski definition) is 0. The van der Waals surface area contributed by atoms with E-state index in [2.05, 4.69) is 10.3 Å². The van der Waals surface area contributed by atoms with Gasteiger partial charge in [0.15, 0.2) is 3.70 Å². The molecule has 1 heterocycles. The molecule has 0 aliphatic rings. The van der Waals surface area contributed by atoms with Crippen LogP contribution in [0.1, 0.15) is 5.56 Å². The zero-order valence-electron chi connectivity index (χ0n) is 8.04. The number of nitrogens with zero attached hydrogens (tertiary/aromatic N) is 3. The number of halogens is 5. The monoisotopic (exact) mass is 465 g/mol. The van der Waals surface area contributed by atoms with E-state index in [1.165, 1.54) is 10.7 Å². The molecule has 0 saturated heterocycles. The molecule has 0 saturated carbocycles. The summed E-state index contributed by atoms with van der Waals surface area (Å²) in [5.41, 5.74) is -0.351. The fourth-order valence-corrected chi connectivity index (χ4v) is 2.04. The van der Waals surface area contributed by atoms with Crippen LogP contribution in [0.3, 0.4) is 0 Å². The van der Waals surface area contributed by atoms with Gasteiger partial charge in [0, 0.05) is 0 Å². The first-order valence-electron chi connectivity index (χ1n) is 4.34. The lowest BCUT2D eigenvalue weighted by molar-refractivity contribution is -0.137. The van der Waals surface area contributed by atoms with Crippen LogP contribution in [0.2, 0.25) is 0 Å². The molecule has 0 unspecified atom stereocenters. The molecule has 3 nitrogen and oxygen atoms in total. The van der Waals surface area contributed by atoms with Crippen LogP contribution < -0.4 is 0 Å². The van der Waals surface area contributed by atoms with Gasteiger partial charge in [-0.15, -0.1) is 5.10 Å². The van der Waals surface area contributed by atoms with Crippen molar-refractivity contribution in [1.82, 2.24) is 15.0 Å². The lowest BCUT2D eigenvalue weighted by Gasteiger charge is -2.08. The lowest BCUT2D eigenvalue weighted by Crippen LogP contribution is -2.07. The molecule has 0 radical (unpaired) electrons. The van der Waals surface area contributed by atoms with Crippen molar-refractivity contribution in [2.24, 2.45) is 0 Å². The third-order valence-corrected chi connectivity index (χ3v) is 4.72. The summed E-state index contributed by atoms with van der Waals surface area (Å²) in [6.45, 7) is 0. The number of rotatable bonds is 1. The topological polar surface area (TPSA) is 30.7 Å². The highest BCUT2D eigenvalue weighted by molar-refractivity contribution is 14.1. The van der Waals surface area contributed by atoms with Crippen molar-refractivity contribution in [3.63, 3.8) is 0 Å². The Bertz CT molecular complexity index is 551. The maximum absolute atomic E-state index is 12.5. The van der Waals surface area contributed by atoms with Crippen LogP contribution in [0.15, 0.2) is 24.3 Å². The van der Waals surface area contributed by atoms with Gasteiger partial charge in [0.05, 0.1) is 11.3 Å². The van der Waals surface area contributed by atoms with Crippen LogP contribution in [-0.4, -0.2) is 15.0 Å². The van der Waals surface area contributed by atoms with Crippen LogP contribution >= 0.6 is 45.2 Å². The van der Waals surface area contributed by atoms with Crippen LogP contribution in [-0.2, 0) is 6.18 Å². The highest BCUT2D eigenvalue weighted by atomic mass is 127. The van der Waals surface area contributed by atoms with Crippen molar-refractivity contribution in [3.8, 4) is 5.69 Å². The van der Waals surface area contributed by atoms with Crippen molar-refractivity contribution in [2.45, 2.75) is 6.18 Å². The smallest absolute Gasteiger partial charge is 0.206 e. The Kier molecular flexibility index (Phi) is 3.61. The average molecular weight is 465 g/mol. The Morgan fingerprint density at radius 3 is 2.41 bits per heavy atom. The molecule has 0 amide bonds. The average Bonchev–Trinajstić information content (AvgIpc) is 2.59. The SMILES string of the molecule is FC(F)(F)c1cccc(-n2nnc(I)c2I)c1. The van der Waals surface area contributed by atoms with Gasteiger partial charge in [-0.3, -0.25) is 0 Å². The first kappa shape index (κ1) is 13.1. The van der Waals surface area contributed by atoms with Gasteiger partial charge in [0.2, 0.25) is 0 Å². The number of benzene rings is 1. The minimum absolute atomic E-state index is 0.347. The first-order valence-corrected chi connectivity index (χ1v) is 6.49. The maximum Gasteiger partial charge on any atom is 0.416 e. The minimum atomic E-state index is -4.35. The molecular formula is C9H4F3I2N3. The molecule has 1 aromatic carbocycles. The Balaban J connectivity index is 2.51. The lowest BCUT2D eigenvalue weighted by atomic mass is 10.2. The molecule has 8 heteroatoms. The van der Waals surface area contributed by atoms with Crippen molar-refractivity contribution in [2.75, 3.05) is 0 Å². The van der Waals surface area contributed by atoms with Gasteiger partial charge >= 0.3 is 6.18 Å². The van der Waals surface area contributed by atoms with Gasteiger partial charge < -0.3 is 0 Å². The van der Waals surface area contributed by atoms with Gasteiger partial charge in [0.25, 0.3) is 0 Å². The molecule has 0 aliphatic carbocycles. The van der Waals surface area contributed by atoms with Gasteiger partial charge in [-0.05, 0) is 63.4 Å². The summed E-state index contributed by atoms with van der Waals surface area (Å²) >= 11 is 3.96. The quantitative estimate of drug-likeness (QED) is 0.605. The van der Waals surface area contributed by atoms with Gasteiger partial charge in [-0.1, -0.05) is 11.3 Å². The Hall–Kier alpha value is -0.390. The number of aromatic nitrogens is 3. The van der Waals surface area contributed by atoms with Crippen LogP contribution in [0.5, 0.6) is 0 Å². The second kappa shape index (κ2) is 4.71. The third kappa shape index (κ3) is 2.72. The van der Waals surface area contributed by atoms with Crippen molar-refractivity contribution in [1.29, 1.82) is 0 Å². The van der Waals surface area contributed by atoms with E-state index < -0.39 is 11.7 Å². The summed E-state index contributed by atoms with van der Waals surface area (Å²) in [6, 6.07) is 4.98. The molecule has 0 spiro atoms.